The van der Waals surface area contributed by atoms with Crippen molar-refractivity contribution in [2.75, 3.05) is 13.2 Å². The molecule has 144 valence electrons. The maximum Gasteiger partial charge on any atom is 0.122 e. The highest BCUT2D eigenvalue weighted by Crippen LogP contribution is 2.19. The van der Waals surface area contributed by atoms with E-state index in [1.807, 2.05) is 37.3 Å². The second-order valence-electron chi connectivity index (χ2n) is 6.44. The number of hydrogen-bond acceptors (Lipinski definition) is 4. The summed E-state index contributed by atoms with van der Waals surface area (Å²) in [6.07, 6.45) is 4.14. The van der Waals surface area contributed by atoms with Crippen LogP contribution >= 0.6 is 0 Å². The number of aryl methyl sites for hydroxylation is 1. The van der Waals surface area contributed by atoms with Gasteiger partial charge >= 0.3 is 0 Å². The van der Waals surface area contributed by atoms with Gasteiger partial charge in [0.05, 0.1) is 13.2 Å². The first-order valence-electron chi connectivity index (χ1n) is 9.12. The summed E-state index contributed by atoms with van der Waals surface area (Å²) in [7, 11) is 0. The zero-order valence-corrected chi connectivity index (χ0v) is 15.8. The maximum absolute atomic E-state index is 7.45. The minimum Gasteiger partial charge on any atom is -0.494 e. The molecule has 0 unspecified atom stereocenters. The normalized spacial score (nSPS) is 10.4. The van der Waals surface area contributed by atoms with Crippen molar-refractivity contribution in [3.05, 3.63) is 59.2 Å². The van der Waals surface area contributed by atoms with E-state index < -0.39 is 0 Å². The van der Waals surface area contributed by atoms with Gasteiger partial charge in [0.15, 0.2) is 0 Å². The van der Waals surface area contributed by atoms with Gasteiger partial charge in [-0.25, -0.2) is 0 Å². The Balaban J connectivity index is 1.57. The predicted molar refractivity (Wildman–Crippen MR) is 109 cm³/mol. The van der Waals surface area contributed by atoms with Crippen molar-refractivity contribution in [1.82, 2.24) is 0 Å². The number of benzene rings is 2. The minimum atomic E-state index is 0.0637. The number of hydrogen-bond donors (Lipinski definition) is 4. The second-order valence-corrected chi connectivity index (χ2v) is 6.44. The number of nitrogens with two attached hydrogens (primary N) is 2. The van der Waals surface area contributed by atoms with Gasteiger partial charge in [0.1, 0.15) is 23.2 Å². The zero-order chi connectivity index (χ0) is 19.6. The number of unbranched alkanes of at least 4 members (excludes halogenated alkanes) is 3. The molecule has 2 aromatic carbocycles. The molecule has 0 spiro atoms. The predicted octanol–water partition coefficient (Wildman–Crippen LogP) is 3.58. The summed E-state index contributed by atoms with van der Waals surface area (Å²) in [6.45, 7) is 3.31. The second kappa shape index (κ2) is 10.2. The SMILES string of the molecule is Cc1cc(C(=N)N)ccc1OCCCCCCOc1ccc(C(=N)N)cc1. The van der Waals surface area contributed by atoms with E-state index in [0.717, 1.165) is 48.3 Å². The van der Waals surface area contributed by atoms with Gasteiger partial charge in [0, 0.05) is 11.1 Å². The fourth-order valence-electron chi connectivity index (χ4n) is 2.64. The molecule has 0 bridgehead atoms. The Bertz CT molecular complexity index is 772. The third-order valence-electron chi connectivity index (χ3n) is 4.22. The monoisotopic (exact) mass is 368 g/mol. The van der Waals surface area contributed by atoms with E-state index in [-0.39, 0.29) is 11.7 Å². The Hall–Kier alpha value is -3.02. The van der Waals surface area contributed by atoms with E-state index in [4.69, 9.17) is 31.8 Å². The van der Waals surface area contributed by atoms with E-state index in [1.165, 1.54) is 0 Å². The van der Waals surface area contributed by atoms with Crippen LogP contribution in [0.5, 0.6) is 11.5 Å². The van der Waals surface area contributed by atoms with Crippen molar-refractivity contribution in [1.29, 1.82) is 10.8 Å². The molecule has 0 amide bonds. The molecular formula is C21H28N4O2. The van der Waals surface area contributed by atoms with Gasteiger partial charge in [-0.1, -0.05) is 0 Å². The molecular weight excluding hydrogens is 340 g/mol. The van der Waals surface area contributed by atoms with Crippen LogP contribution in [0.2, 0.25) is 0 Å². The average molecular weight is 368 g/mol. The van der Waals surface area contributed by atoms with Crippen molar-refractivity contribution in [2.24, 2.45) is 11.5 Å². The minimum absolute atomic E-state index is 0.0637. The van der Waals surface area contributed by atoms with Crippen LogP contribution in [0.3, 0.4) is 0 Å². The number of ether oxygens (including phenoxy) is 2. The van der Waals surface area contributed by atoms with Crippen molar-refractivity contribution in [3.8, 4) is 11.5 Å². The van der Waals surface area contributed by atoms with E-state index in [1.54, 1.807) is 12.1 Å². The number of nitrogen functional groups attached to an aromatic ring is 2. The molecule has 0 atom stereocenters. The highest BCUT2D eigenvalue weighted by atomic mass is 16.5. The fourth-order valence-corrected chi connectivity index (χ4v) is 2.64. The van der Waals surface area contributed by atoms with E-state index in [0.29, 0.717) is 18.8 Å². The summed E-state index contributed by atoms with van der Waals surface area (Å²) in [4.78, 5) is 0. The summed E-state index contributed by atoms with van der Waals surface area (Å²) < 4.78 is 11.5. The quantitative estimate of drug-likeness (QED) is 0.275. The first-order chi connectivity index (χ1) is 13.0. The molecule has 6 N–H and O–H groups in total. The Kier molecular flexibility index (Phi) is 7.67. The molecule has 0 radical (unpaired) electrons. The summed E-state index contributed by atoms with van der Waals surface area (Å²) in [5, 5.41) is 14.8. The first-order valence-corrected chi connectivity index (χ1v) is 9.12. The molecule has 0 heterocycles. The lowest BCUT2D eigenvalue weighted by Gasteiger charge is -2.10. The average Bonchev–Trinajstić information content (AvgIpc) is 2.65. The molecule has 0 saturated heterocycles. The highest BCUT2D eigenvalue weighted by molar-refractivity contribution is 5.95. The third-order valence-corrected chi connectivity index (χ3v) is 4.22. The van der Waals surface area contributed by atoms with Crippen LogP contribution in [-0.2, 0) is 0 Å². The molecule has 2 rings (SSSR count). The first kappa shape index (κ1) is 20.3. The van der Waals surface area contributed by atoms with E-state index in [2.05, 4.69) is 0 Å². The molecule has 2 aromatic rings. The molecule has 0 aliphatic rings. The van der Waals surface area contributed by atoms with Gasteiger partial charge in [-0.15, -0.1) is 0 Å². The van der Waals surface area contributed by atoms with Crippen molar-refractivity contribution in [3.63, 3.8) is 0 Å². The summed E-state index contributed by atoms with van der Waals surface area (Å²) in [5.41, 5.74) is 13.3. The zero-order valence-electron chi connectivity index (χ0n) is 15.8. The van der Waals surface area contributed by atoms with Crippen LogP contribution in [0.4, 0.5) is 0 Å². The lowest BCUT2D eigenvalue weighted by Crippen LogP contribution is -2.11. The van der Waals surface area contributed by atoms with Gasteiger partial charge in [0.25, 0.3) is 0 Å². The van der Waals surface area contributed by atoms with Crippen LogP contribution in [0.25, 0.3) is 0 Å². The van der Waals surface area contributed by atoms with Gasteiger partial charge in [-0.05, 0) is 80.6 Å². The standard InChI is InChI=1S/C21H28N4O2/c1-15-14-17(21(24)25)8-11-19(15)27-13-5-3-2-4-12-26-18-9-6-16(7-10-18)20(22)23/h6-11,14H,2-5,12-13H2,1H3,(H3,22,23)(H3,24,25). The number of nitrogens with one attached hydrogen (secondary N) is 2. The smallest absolute Gasteiger partial charge is 0.122 e. The van der Waals surface area contributed by atoms with Crippen molar-refractivity contribution in [2.45, 2.75) is 32.6 Å². The third kappa shape index (κ3) is 6.66. The lowest BCUT2D eigenvalue weighted by atomic mass is 10.1. The van der Waals surface area contributed by atoms with Crippen LogP contribution in [0.1, 0.15) is 42.4 Å². The molecule has 6 nitrogen and oxygen atoms in total. The van der Waals surface area contributed by atoms with Crippen LogP contribution in [0.15, 0.2) is 42.5 Å². The fraction of sp³-hybridized carbons (Fsp3) is 0.333. The maximum atomic E-state index is 7.45. The number of rotatable bonds is 11. The van der Waals surface area contributed by atoms with Gasteiger partial charge in [-0.2, -0.15) is 0 Å². The molecule has 0 saturated carbocycles. The van der Waals surface area contributed by atoms with Crippen LogP contribution in [0, 0.1) is 17.7 Å². The molecule has 6 heteroatoms. The van der Waals surface area contributed by atoms with Gasteiger partial charge in [0.2, 0.25) is 0 Å². The number of amidine groups is 2. The van der Waals surface area contributed by atoms with Gasteiger partial charge < -0.3 is 20.9 Å². The summed E-state index contributed by atoms with van der Waals surface area (Å²) in [5.74, 6) is 1.78. The Morgan fingerprint density at radius 1 is 0.778 bits per heavy atom. The van der Waals surface area contributed by atoms with E-state index in [9.17, 15) is 0 Å². The van der Waals surface area contributed by atoms with Crippen LogP contribution in [-0.4, -0.2) is 24.9 Å². The largest absolute Gasteiger partial charge is 0.494 e. The molecule has 0 aliphatic heterocycles. The lowest BCUT2D eigenvalue weighted by molar-refractivity contribution is 0.286. The molecule has 0 aliphatic carbocycles. The highest BCUT2D eigenvalue weighted by Gasteiger charge is 2.03. The van der Waals surface area contributed by atoms with Crippen molar-refractivity contribution >= 4 is 11.7 Å². The van der Waals surface area contributed by atoms with Crippen LogP contribution < -0.4 is 20.9 Å². The van der Waals surface area contributed by atoms with Crippen molar-refractivity contribution < 1.29 is 9.47 Å². The van der Waals surface area contributed by atoms with Gasteiger partial charge in [-0.3, -0.25) is 10.8 Å². The molecule has 0 fully saturated rings. The Morgan fingerprint density at radius 2 is 1.33 bits per heavy atom. The van der Waals surface area contributed by atoms with E-state index >= 15 is 0 Å². The summed E-state index contributed by atoms with van der Waals surface area (Å²) >= 11 is 0. The Morgan fingerprint density at radius 3 is 1.89 bits per heavy atom. The Labute approximate surface area is 160 Å². The summed E-state index contributed by atoms with van der Waals surface area (Å²) in [6, 6.07) is 12.8. The molecule has 0 aromatic heterocycles. The topological polar surface area (TPSA) is 118 Å². The molecule has 27 heavy (non-hydrogen) atoms.